The van der Waals surface area contributed by atoms with Crippen molar-refractivity contribution in [2.75, 3.05) is 0 Å². The van der Waals surface area contributed by atoms with Gasteiger partial charge in [0.15, 0.2) is 5.72 Å². The zero-order chi connectivity index (χ0) is 21.1. The highest BCUT2D eigenvalue weighted by atomic mass is 19.1. The van der Waals surface area contributed by atoms with Crippen LogP contribution in [0.3, 0.4) is 0 Å². The third-order valence-corrected chi connectivity index (χ3v) is 5.48. The van der Waals surface area contributed by atoms with Gasteiger partial charge in [-0.25, -0.2) is 13.6 Å². The van der Waals surface area contributed by atoms with E-state index >= 15 is 0 Å². The van der Waals surface area contributed by atoms with E-state index < -0.39 is 41.1 Å². The zero-order valence-corrected chi connectivity index (χ0v) is 15.5. The maximum Gasteiger partial charge on any atom is 0.333 e. The molecule has 2 aromatic carbocycles. The standard InChI is InChI=1S/C21H17F2NO5/c1-9-16(19(25)26)17-13-7-10(12-5-4-11(22)8-14(12)23)3-6-15(13)29-21(2,24-9)18(17)20(27)28/h3-8,17-18,24H,1-2H3,(H,25,26)(H,27,28). The van der Waals surface area contributed by atoms with E-state index in [4.69, 9.17) is 4.74 Å². The molecule has 2 aromatic rings. The van der Waals surface area contributed by atoms with E-state index in [0.29, 0.717) is 22.6 Å². The Bertz CT molecular complexity index is 1100. The number of fused-ring (bicyclic) bond motifs is 4. The molecule has 4 rings (SSSR count). The van der Waals surface area contributed by atoms with Gasteiger partial charge in [0, 0.05) is 28.8 Å². The van der Waals surface area contributed by atoms with E-state index in [1.54, 1.807) is 26.0 Å². The van der Waals surface area contributed by atoms with Gasteiger partial charge in [0.05, 0.1) is 5.57 Å². The number of carboxylic acid groups (broad SMARTS) is 2. The highest BCUT2D eigenvalue weighted by molar-refractivity contribution is 5.93. The Morgan fingerprint density at radius 3 is 2.48 bits per heavy atom. The number of hydrogen-bond donors (Lipinski definition) is 3. The van der Waals surface area contributed by atoms with E-state index in [-0.39, 0.29) is 11.1 Å². The summed E-state index contributed by atoms with van der Waals surface area (Å²) in [5.41, 5.74) is -0.341. The number of halogens is 2. The number of allylic oxidation sites excluding steroid dienone is 1. The minimum atomic E-state index is -1.35. The highest BCUT2D eigenvalue weighted by Crippen LogP contribution is 2.52. The van der Waals surface area contributed by atoms with Gasteiger partial charge in [-0.15, -0.1) is 0 Å². The fourth-order valence-corrected chi connectivity index (χ4v) is 4.34. The predicted octanol–water partition coefficient (Wildman–Crippen LogP) is 3.49. The Kier molecular flexibility index (Phi) is 4.11. The lowest BCUT2D eigenvalue weighted by molar-refractivity contribution is -0.155. The normalized spacial score (nSPS) is 25.0. The molecule has 0 aromatic heterocycles. The van der Waals surface area contributed by atoms with Gasteiger partial charge in [-0.05, 0) is 43.7 Å². The van der Waals surface area contributed by atoms with Crippen molar-refractivity contribution in [3.05, 3.63) is 64.9 Å². The molecular formula is C21H17F2NO5. The fourth-order valence-electron chi connectivity index (χ4n) is 4.34. The topological polar surface area (TPSA) is 95.9 Å². The minimum absolute atomic E-state index is 0.0869. The van der Waals surface area contributed by atoms with Crippen molar-refractivity contribution in [1.82, 2.24) is 5.32 Å². The first kappa shape index (κ1) is 18.9. The molecule has 0 radical (unpaired) electrons. The smallest absolute Gasteiger partial charge is 0.333 e. The van der Waals surface area contributed by atoms with Crippen LogP contribution in [0.5, 0.6) is 5.75 Å². The second-order valence-electron chi connectivity index (χ2n) is 7.35. The van der Waals surface area contributed by atoms with Gasteiger partial charge in [0.1, 0.15) is 23.3 Å². The lowest BCUT2D eigenvalue weighted by Crippen LogP contribution is -2.62. The average molecular weight is 401 g/mol. The Labute approximate surface area is 164 Å². The maximum atomic E-state index is 14.3. The summed E-state index contributed by atoms with van der Waals surface area (Å²) in [5.74, 6) is -5.91. The first-order valence-electron chi connectivity index (χ1n) is 8.86. The number of aliphatic carboxylic acids is 2. The molecule has 0 saturated carbocycles. The Balaban J connectivity index is 1.96. The zero-order valence-electron chi connectivity index (χ0n) is 15.5. The van der Waals surface area contributed by atoms with Gasteiger partial charge in [0.2, 0.25) is 0 Å². The van der Waals surface area contributed by atoms with Crippen LogP contribution in [0.15, 0.2) is 47.7 Å². The lowest BCUT2D eigenvalue weighted by atomic mass is 9.69. The molecule has 2 heterocycles. The van der Waals surface area contributed by atoms with Crippen LogP contribution in [0.4, 0.5) is 8.78 Å². The number of nitrogens with one attached hydrogen (secondary N) is 1. The van der Waals surface area contributed by atoms with Crippen LogP contribution in [-0.4, -0.2) is 27.9 Å². The van der Waals surface area contributed by atoms with Crippen molar-refractivity contribution in [1.29, 1.82) is 0 Å². The van der Waals surface area contributed by atoms with Gasteiger partial charge in [-0.1, -0.05) is 6.07 Å². The molecule has 8 heteroatoms. The average Bonchev–Trinajstić information content (AvgIpc) is 2.60. The van der Waals surface area contributed by atoms with E-state index in [1.165, 1.54) is 12.1 Å². The van der Waals surface area contributed by atoms with Crippen molar-refractivity contribution in [2.45, 2.75) is 25.5 Å². The summed E-state index contributed by atoms with van der Waals surface area (Å²) in [5, 5.41) is 22.5. The Morgan fingerprint density at radius 1 is 1.14 bits per heavy atom. The van der Waals surface area contributed by atoms with Gasteiger partial charge < -0.3 is 20.3 Å². The maximum absolute atomic E-state index is 14.3. The summed E-state index contributed by atoms with van der Waals surface area (Å²) < 4.78 is 33.5. The van der Waals surface area contributed by atoms with E-state index in [0.717, 1.165) is 12.1 Å². The van der Waals surface area contributed by atoms with Crippen molar-refractivity contribution in [3.63, 3.8) is 0 Å². The van der Waals surface area contributed by atoms with Gasteiger partial charge >= 0.3 is 11.9 Å². The molecule has 0 fully saturated rings. The van der Waals surface area contributed by atoms with E-state index in [2.05, 4.69) is 5.32 Å². The first-order chi connectivity index (χ1) is 13.6. The van der Waals surface area contributed by atoms with Crippen LogP contribution in [0.2, 0.25) is 0 Å². The first-order valence-corrected chi connectivity index (χ1v) is 8.86. The minimum Gasteiger partial charge on any atom is -0.481 e. The summed E-state index contributed by atoms with van der Waals surface area (Å²) in [6.07, 6.45) is 0. The molecule has 150 valence electrons. The molecule has 0 aliphatic carbocycles. The monoisotopic (exact) mass is 401 g/mol. The second kappa shape index (κ2) is 6.30. The third kappa shape index (κ3) is 2.83. The quantitative estimate of drug-likeness (QED) is 0.729. The highest BCUT2D eigenvalue weighted by Gasteiger charge is 2.57. The van der Waals surface area contributed by atoms with Crippen LogP contribution in [0.1, 0.15) is 25.3 Å². The van der Waals surface area contributed by atoms with Crippen LogP contribution in [0.25, 0.3) is 11.1 Å². The number of ether oxygens (including phenoxy) is 1. The number of benzene rings is 2. The summed E-state index contributed by atoms with van der Waals surface area (Å²) in [7, 11) is 0. The molecule has 3 N–H and O–H groups in total. The van der Waals surface area contributed by atoms with Crippen LogP contribution in [-0.2, 0) is 9.59 Å². The molecule has 0 spiro atoms. The molecule has 29 heavy (non-hydrogen) atoms. The molecule has 2 aliphatic rings. The Morgan fingerprint density at radius 2 is 1.86 bits per heavy atom. The molecule has 6 nitrogen and oxygen atoms in total. The molecule has 3 atom stereocenters. The number of carboxylic acids is 2. The summed E-state index contributed by atoms with van der Waals surface area (Å²) in [6.45, 7) is 3.10. The Hall–Kier alpha value is -3.42. The predicted molar refractivity (Wildman–Crippen MR) is 98.2 cm³/mol. The summed E-state index contributed by atoms with van der Waals surface area (Å²) in [4.78, 5) is 24.0. The van der Waals surface area contributed by atoms with Crippen LogP contribution >= 0.6 is 0 Å². The summed E-state index contributed by atoms with van der Waals surface area (Å²) >= 11 is 0. The molecule has 2 bridgehead atoms. The van der Waals surface area contributed by atoms with Crippen LogP contribution < -0.4 is 10.1 Å². The fraction of sp³-hybridized carbons (Fsp3) is 0.238. The largest absolute Gasteiger partial charge is 0.481 e. The van der Waals surface area contributed by atoms with Gasteiger partial charge in [-0.2, -0.15) is 0 Å². The van der Waals surface area contributed by atoms with Gasteiger partial charge in [0.25, 0.3) is 0 Å². The number of hydrogen-bond acceptors (Lipinski definition) is 4. The SMILES string of the molecule is CC1=C(C(=O)O)C2c3cc(-c4ccc(F)cc4F)ccc3OC(C)(N1)C2C(=O)O. The molecule has 2 aliphatic heterocycles. The van der Waals surface area contributed by atoms with Crippen molar-refractivity contribution < 1.29 is 33.3 Å². The van der Waals surface area contributed by atoms with E-state index in [1.807, 2.05) is 0 Å². The molecular weight excluding hydrogens is 384 g/mol. The van der Waals surface area contributed by atoms with Crippen molar-refractivity contribution in [3.8, 4) is 16.9 Å². The lowest BCUT2D eigenvalue weighted by Gasteiger charge is -2.49. The third-order valence-electron chi connectivity index (χ3n) is 5.48. The number of rotatable bonds is 3. The molecule has 0 saturated heterocycles. The molecule has 3 unspecified atom stereocenters. The second-order valence-corrected chi connectivity index (χ2v) is 7.35. The van der Waals surface area contributed by atoms with E-state index in [9.17, 15) is 28.6 Å². The van der Waals surface area contributed by atoms with Crippen molar-refractivity contribution in [2.24, 2.45) is 5.92 Å². The van der Waals surface area contributed by atoms with Gasteiger partial charge in [-0.3, -0.25) is 4.79 Å². The molecule has 0 amide bonds. The van der Waals surface area contributed by atoms with Crippen molar-refractivity contribution >= 4 is 11.9 Å². The summed E-state index contributed by atoms with van der Waals surface area (Å²) in [6, 6.07) is 7.75. The number of carbonyl (C=O) groups is 2. The van der Waals surface area contributed by atoms with Crippen LogP contribution in [0, 0.1) is 17.6 Å².